The Bertz CT molecular complexity index is 1320. The Balaban J connectivity index is 1.40. The van der Waals surface area contributed by atoms with Gasteiger partial charge in [-0.2, -0.15) is 4.39 Å². The molecule has 9 nitrogen and oxygen atoms in total. The molecular formula is C23H23FN8O. The second kappa shape index (κ2) is 8.62. The molecule has 0 radical (unpaired) electrons. The third kappa shape index (κ3) is 4.17. The molecule has 0 aromatic carbocycles. The predicted octanol–water partition coefficient (Wildman–Crippen LogP) is 2.53. The van der Waals surface area contributed by atoms with Crippen molar-refractivity contribution >= 4 is 22.6 Å². The number of fused-ring (bicyclic) bond motifs is 1. The molecule has 0 bridgehead atoms. The molecule has 1 aliphatic heterocycles. The number of aromatic nitrogens is 6. The van der Waals surface area contributed by atoms with Crippen LogP contribution in [0.4, 0.5) is 10.1 Å². The number of hydrogen-bond acceptors (Lipinski definition) is 7. The van der Waals surface area contributed by atoms with E-state index in [2.05, 4.69) is 30.2 Å². The van der Waals surface area contributed by atoms with E-state index in [9.17, 15) is 9.18 Å². The monoisotopic (exact) mass is 446 g/mol. The lowest BCUT2D eigenvalue weighted by molar-refractivity contribution is -0.118. The number of nitrogens with zero attached hydrogens (tertiary/aromatic N) is 7. The number of rotatable bonds is 5. The van der Waals surface area contributed by atoms with Crippen LogP contribution in [0.2, 0.25) is 0 Å². The van der Waals surface area contributed by atoms with E-state index in [1.165, 1.54) is 0 Å². The van der Waals surface area contributed by atoms with E-state index < -0.39 is 5.95 Å². The molecule has 0 atom stereocenters. The number of piperazine rings is 1. The van der Waals surface area contributed by atoms with Crippen LogP contribution in [0, 0.1) is 5.95 Å². The fourth-order valence-electron chi connectivity index (χ4n) is 3.88. The van der Waals surface area contributed by atoms with E-state index in [1.807, 2.05) is 30.5 Å². The van der Waals surface area contributed by atoms with E-state index in [0.717, 1.165) is 17.9 Å². The average molecular weight is 446 g/mol. The van der Waals surface area contributed by atoms with E-state index in [1.54, 1.807) is 35.8 Å². The van der Waals surface area contributed by atoms with Gasteiger partial charge < -0.3 is 14.8 Å². The Morgan fingerprint density at radius 1 is 1.12 bits per heavy atom. The first-order valence-electron chi connectivity index (χ1n) is 10.8. The van der Waals surface area contributed by atoms with E-state index in [4.69, 9.17) is 0 Å². The minimum Gasteiger partial charge on any atom is -0.328 e. The number of amides is 1. The van der Waals surface area contributed by atoms with Gasteiger partial charge in [0.2, 0.25) is 11.9 Å². The Labute approximate surface area is 189 Å². The molecule has 0 aliphatic carbocycles. The van der Waals surface area contributed by atoms with Crippen LogP contribution in [0.3, 0.4) is 0 Å². The van der Waals surface area contributed by atoms with Crippen molar-refractivity contribution in [2.45, 2.75) is 26.3 Å². The van der Waals surface area contributed by atoms with Crippen molar-refractivity contribution < 1.29 is 9.18 Å². The number of nitrogens with one attached hydrogen (secondary N) is 1. The maximum Gasteiger partial charge on any atom is 0.241 e. The van der Waals surface area contributed by atoms with Crippen LogP contribution in [0.15, 0.2) is 43.0 Å². The Morgan fingerprint density at radius 3 is 2.76 bits per heavy atom. The largest absolute Gasteiger partial charge is 0.328 e. The molecule has 1 saturated heterocycles. The molecule has 5 heterocycles. The maximum atomic E-state index is 14.6. The molecule has 0 saturated carbocycles. The summed E-state index contributed by atoms with van der Waals surface area (Å²) in [5, 5.41) is 3.06. The highest BCUT2D eigenvalue weighted by Gasteiger charge is 2.19. The number of pyridine rings is 2. The second-order valence-corrected chi connectivity index (χ2v) is 8.18. The summed E-state index contributed by atoms with van der Waals surface area (Å²) in [5.74, 6) is -0.0465. The minimum atomic E-state index is -0.623. The quantitative estimate of drug-likeness (QED) is 0.470. The summed E-state index contributed by atoms with van der Waals surface area (Å²) >= 11 is 0. The maximum absolute atomic E-state index is 14.6. The topological polar surface area (TPSA) is 102 Å². The van der Waals surface area contributed by atoms with Gasteiger partial charge in [-0.25, -0.2) is 19.9 Å². The zero-order valence-electron chi connectivity index (χ0n) is 18.4. The molecule has 1 N–H and O–H groups in total. The third-order valence-corrected chi connectivity index (χ3v) is 5.59. The summed E-state index contributed by atoms with van der Waals surface area (Å²) in [6.07, 6.45) is 5.35. The van der Waals surface area contributed by atoms with Gasteiger partial charge >= 0.3 is 0 Å². The fourth-order valence-corrected chi connectivity index (χ4v) is 3.88. The minimum absolute atomic E-state index is 0.0299. The molecule has 1 fully saturated rings. The standard InChI is InChI=1S/C23H23FN8O/c1-14(2)32-13-28-22-19(32)10-18(30-23(22)24)17-5-6-26-20(29-17)9-15-3-4-16(11-27-15)31-8-7-25-12-21(31)33/h3-6,10-11,13-14,25H,7-9,12H2,1-2H3. The first-order chi connectivity index (χ1) is 16.0. The summed E-state index contributed by atoms with van der Waals surface area (Å²) in [6, 6.07) is 7.39. The van der Waals surface area contributed by atoms with Crippen LogP contribution < -0.4 is 10.2 Å². The fraction of sp³-hybridized carbons (Fsp3) is 0.304. The average Bonchev–Trinajstić information content (AvgIpc) is 3.25. The smallest absolute Gasteiger partial charge is 0.241 e. The normalized spacial score (nSPS) is 14.4. The third-order valence-electron chi connectivity index (χ3n) is 5.59. The van der Waals surface area contributed by atoms with Crippen LogP contribution in [-0.4, -0.2) is 55.0 Å². The van der Waals surface area contributed by atoms with Gasteiger partial charge in [-0.3, -0.25) is 9.78 Å². The van der Waals surface area contributed by atoms with Gasteiger partial charge in [0.05, 0.1) is 48.1 Å². The molecule has 33 heavy (non-hydrogen) atoms. The zero-order valence-corrected chi connectivity index (χ0v) is 18.4. The first kappa shape index (κ1) is 21.1. The van der Waals surface area contributed by atoms with Crippen LogP contribution in [-0.2, 0) is 11.2 Å². The summed E-state index contributed by atoms with van der Waals surface area (Å²) in [6.45, 7) is 5.73. The number of halogens is 1. The first-order valence-corrected chi connectivity index (χ1v) is 10.8. The van der Waals surface area contributed by atoms with Crippen LogP contribution in [0.1, 0.15) is 31.4 Å². The van der Waals surface area contributed by atoms with Gasteiger partial charge in [-0.05, 0) is 38.1 Å². The Kier molecular flexibility index (Phi) is 5.51. The van der Waals surface area contributed by atoms with Crippen molar-refractivity contribution in [2.24, 2.45) is 0 Å². The second-order valence-electron chi connectivity index (χ2n) is 8.18. The van der Waals surface area contributed by atoms with Gasteiger partial charge in [0.1, 0.15) is 11.3 Å². The van der Waals surface area contributed by atoms with Crippen molar-refractivity contribution in [2.75, 3.05) is 24.5 Å². The lowest BCUT2D eigenvalue weighted by Gasteiger charge is -2.27. The summed E-state index contributed by atoms with van der Waals surface area (Å²) in [5.41, 5.74) is 3.41. The van der Waals surface area contributed by atoms with Crippen molar-refractivity contribution in [3.8, 4) is 11.4 Å². The molecule has 1 amide bonds. The Morgan fingerprint density at radius 2 is 2.00 bits per heavy atom. The molecule has 5 rings (SSSR count). The number of hydrogen-bond donors (Lipinski definition) is 1. The van der Waals surface area contributed by atoms with Gasteiger partial charge in [-0.15, -0.1) is 0 Å². The lowest BCUT2D eigenvalue weighted by atomic mass is 10.2. The molecule has 0 unspecified atom stereocenters. The molecule has 1 aliphatic rings. The molecule has 4 aromatic rings. The number of carbonyl (C=O) groups excluding carboxylic acids is 1. The lowest BCUT2D eigenvalue weighted by Crippen LogP contribution is -2.48. The van der Waals surface area contributed by atoms with Crippen LogP contribution in [0.25, 0.3) is 22.4 Å². The number of anilines is 1. The number of imidazole rings is 1. The highest BCUT2D eigenvalue weighted by molar-refractivity contribution is 5.95. The zero-order chi connectivity index (χ0) is 22.9. The molecular weight excluding hydrogens is 423 g/mol. The summed E-state index contributed by atoms with van der Waals surface area (Å²) in [4.78, 5) is 35.4. The molecule has 10 heteroatoms. The predicted molar refractivity (Wildman–Crippen MR) is 121 cm³/mol. The summed E-state index contributed by atoms with van der Waals surface area (Å²) in [7, 11) is 0. The number of carbonyl (C=O) groups is 1. The highest BCUT2D eigenvalue weighted by Crippen LogP contribution is 2.25. The van der Waals surface area contributed by atoms with E-state index in [-0.39, 0.29) is 17.5 Å². The Hall–Kier alpha value is -3.79. The van der Waals surface area contributed by atoms with Gasteiger partial charge in [0.15, 0.2) is 0 Å². The van der Waals surface area contributed by atoms with Gasteiger partial charge in [0.25, 0.3) is 0 Å². The summed E-state index contributed by atoms with van der Waals surface area (Å²) < 4.78 is 16.5. The molecule has 168 valence electrons. The van der Waals surface area contributed by atoms with Crippen LogP contribution in [0.5, 0.6) is 0 Å². The highest BCUT2D eigenvalue weighted by atomic mass is 19.1. The van der Waals surface area contributed by atoms with Crippen molar-refractivity contribution in [3.05, 3.63) is 60.5 Å². The van der Waals surface area contributed by atoms with Gasteiger partial charge in [-0.1, -0.05) is 0 Å². The molecule has 4 aromatic heterocycles. The van der Waals surface area contributed by atoms with E-state index in [0.29, 0.717) is 42.2 Å². The molecule has 0 spiro atoms. The van der Waals surface area contributed by atoms with E-state index >= 15 is 0 Å². The van der Waals surface area contributed by atoms with Crippen molar-refractivity contribution in [3.63, 3.8) is 0 Å². The van der Waals surface area contributed by atoms with Gasteiger partial charge in [0, 0.05) is 31.0 Å². The SMILES string of the molecule is CC(C)n1cnc2c(F)nc(-c3ccnc(Cc4ccc(N5CCNCC5=O)cn4)n3)cc21. The van der Waals surface area contributed by atoms with Crippen LogP contribution >= 0.6 is 0 Å². The van der Waals surface area contributed by atoms with Crippen molar-refractivity contribution in [1.82, 2.24) is 34.8 Å². The van der Waals surface area contributed by atoms with Crippen molar-refractivity contribution in [1.29, 1.82) is 0 Å².